The molecule has 1 amide bonds. The maximum atomic E-state index is 13.7. The highest BCUT2D eigenvalue weighted by atomic mass is 16.5. The third-order valence-electron chi connectivity index (χ3n) is 7.69. The topological polar surface area (TPSA) is 70.1 Å². The monoisotopic (exact) mass is 478 g/mol. The van der Waals surface area contributed by atoms with Gasteiger partial charge in [-0.05, 0) is 68.6 Å². The predicted octanol–water partition coefficient (Wildman–Crippen LogP) is 4.12. The second-order valence-electron chi connectivity index (χ2n) is 10.8. The molecule has 6 heteroatoms. The molecule has 4 atom stereocenters. The lowest BCUT2D eigenvalue weighted by Gasteiger charge is -2.56. The molecule has 2 fully saturated rings. The van der Waals surface area contributed by atoms with E-state index in [0.29, 0.717) is 30.2 Å². The van der Waals surface area contributed by atoms with Gasteiger partial charge >= 0.3 is 5.97 Å². The second-order valence-corrected chi connectivity index (χ2v) is 10.8. The van der Waals surface area contributed by atoms with Gasteiger partial charge in [-0.25, -0.2) is 0 Å². The van der Waals surface area contributed by atoms with E-state index in [4.69, 9.17) is 4.74 Å². The molecule has 188 valence electrons. The van der Waals surface area contributed by atoms with Crippen molar-refractivity contribution in [3.63, 3.8) is 0 Å². The molecule has 4 rings (SSSR count). The smallest absolute Gasteiger partial charge is 0.308 e. The first-order chi connectivity index (χ1) is 16.7. The lowest BCUT2D eigenvalue weighted by Crippen LogP contribution is -2.61. The summed E-state index contributed by atoms with van der Waals surface area (Å²) in [5.74, 6) is 0.540. The number of aliphatic hydroxyl groups excluding tert-OH is 1. The Bertz CT molecular complexity index is 1040. The van der Waals surface area contributed by atoms with Crippen LogP contribution in [0.1, 0.15) is 56.0 Å². The van der Waals surface area contributed by atoms with Crippen molar-refractivity contribution in [3.8, 4) is 5.75 Å². The predicted molar refractivity (Wildman–Crippen MR) is 136 cm³/mol. The first-order valence-corrected chi connectivity index (χ1v) is 12.7. The molecule has 0 aromatic heterocycles. The number of carbonyl (C=O) groups excluding carboxylic acids is 2. The van der Waals surface area contributed by atoms with Crippen molar-refractivity contribution in [2.45, 2.75) is 57.6 Å². The van der Waals surface area contributed by atoms with Gasteiger partial charge in [0.15, 0.2) is 0 Å². The van der Waals surface area contributed by atoms with Crippen molar-refractivity contribution in [2.24, 2.45) is 11.8 Å². The minimum Gasteiger partial charge on any atom is -0.427 e. The highest BCUT2D eigenvalue weighted by Crippen LogP contribution is 2.50. The van der Waals surface area contributed by atoms with E-state index in [1.54, 1.807) is 6.07 Å². The van der Waals surface area contributed by atoms with Gasteiger partial charge < -0.3 is 19.6 Å². The Morgan fingerprint density at radius 1 is 1.17 bits per heavy atom. The first-order valence-electron chi connectivity index (χ1n) is 12.7. The molecule has 6 nitrogen and oxygen atoms in total. The number of rotatable bonds is 6. The van der Waals surface area contributed by atoms with Gasteiger partial charge in [0.2, 0.25) is 0 Å². The zero-order chi connectivity index (χ0) is 25.2. The lowest BCUT2D eigenvalue weighted by atomic mass is 9.56. The summed E-state index contributed by atoms with van der Waals surface area (Å²) in [4.78, 5) is 29.6. The number of aliphatic hydroxyl groups is 1. The van der Waals surface area contributed by atoms with Crippen LogP contribution in [0.15, 0.2) is 54.6 Å². The normalized spacial score (nSPS) is 26.7. The Balaban J connectivity index is 1.74. The Morgan fingerprint density at radius 2 is 1.91 bits per heavy atom. The molecule has 1 saturated heterocycles. The van der Waals surface area contributed by atoms with Crippen LogP contribution in [0.4, 0.5) is 0 Å². The highest BCUT2D eigenvalue weighted by Gasteiger charge is 2.53. The summed E-state index contributed by atoms with van der Waals surface area (Å²) in [5.41, 5.74) is 1.45. The van der Waals surface area contributed by atoms with E-state index in [9.17, 15) is 14.7 Å². The van der Waals surface area contributed by atoms with Crippen LogP contribution >= 0.6 is 0 Å². The number of ether oxygens (including phenoxy) is 1. The molecule has 2 aromatic rings. The zero-order valence-corrected chi connectivity index (χ0v) is 21.3. The molecule has 35 heavy (non-hydrogen) atoms. The SMILES string of the molecule is CC(=O)Oc1cccc(C23CCN(C)CC2C(O)CC(N(CC(C)C)C(=O)c2ccccc2)C3)c1. The fourth-order valence-corrected chi connectivity index (χ4v) is 6.15. The van der Waals surface area contributed by atoms with Crippen molar-refractivity contribution in [2.75, 3.05) is 26.7 Å². The highest BCUT2D eigenvalue weighted by molar-refractivity contribution is 5.94. The molecule has 0 radical (unpaired) electrons. The standard InChI is InChI=1S/C29H38N2O4/c1-20(2)18-31(28(34)22-9-6-5-7-10-22)24-16-27(33)26-19-30(4)14-13-29(26,17-24)23-11-8-12-25(15-23)35-21(3)32/h5-12,15,20,24,26-27,33H,13-14,16-19H2,1-4H3. The molecule has 1 heterocycles. The van der Waals surface area contributed by atoms with Crippen molar-refractivity contribution in [1.82, 2.24) is 9.80 Å². The van der Waals surface area contributed by atoms with Gasteiger partial charge in [0.1, 0.15) is 5.75 Å². The third-order valence-corrected chi connectivity index (χ3v) is 7.69. The van der Waals surface area contributed by atoms with E-state index >= 15 is 0 Å². The van der Waals surface area contributed by atoms with Crippen LogP contribution in [0.25, 0.3) is 0 Å². The van der Waals surface area contributed by atoms with Gasteiger partial charge in [0, 0.05) is 43.0 Å². The summed E-state index contributed by atoms with van der Waals surface area (Å²) in [6.45, 7) is 8.00. The van der Waals surface area contributed by atoms with Gasteiger partial charge in [0.05, 0.1) is 6.10 Å². The van der Waals surface area contributed by atoms with Crippen LogP contribution in [-0.2, 0) is 10.2 Å². The summed E-state index contributed by atoms with van der Waals surface area (Å²) >= 11 is 0. The van der Waals surface area contributed by atoms with Crippen molar-refractivity contribution in [1.29, 1.82) is 0 Å². The number of likely N-dealkylation sites (tertiary alicyclic amines) is 1. The second kappa shape index (κ2) is 10.5. The van der Waals surface area contributed by atoms with Crippen LogP contribution in [0, 0.1) is 11.8 Å². The number of piperidine rings is 1. The number of benzene rings is 2. The Hall–Kier alpha value is -2.70. The molecule has 1 saturated carbocycles. The summed E-state index contributed by atoms with van der Waals surface area (Å²) < 4.78 is 5.42. The van der Waals surface area contributed by atoms with Crippen LogP contribution < -0.4 is 4.74 Å². The number of nitrogens with zero attached hydrogens (tertiary/aromatic N) is 2. The number of hydrogen-bond acceptors (Lipinski definition) is 5. The molecule has 4 unspecified atom stereocenters. The van der Waals surface area contributed by atoms with Gasteiger partial charge in [-0.3, -0.25) is 9.59 Å². The zero-order valence-electron chi connectivity index (χ0n) is 21.3. The summed E-state index contributed by atoms with van der Waals surface area (Å²) in [7, 11) is 2.10. The Kier molecular flexibility index (Phi) is 7.62. The number of carbonyl (C=O) groups is 2. The van der Waals surface area contributed by atoms with E-state index in [0.717, 1.165) is 31.5 Å². The van der Waals surface area contributed by atoms with Crippen molar-refractivity contribution in [3.05, 3.63) is 65.7 Å². The maximum absolute atomic E-state index is 13.7. The van der Waals surface area contributed by atoms with Crippen LogP contribution in [0.2, 0.25) is 0 Å². The first kappa shape index (κ1) is 25.4. The summed E-state index contributed by atoms with van der Waals surface area (Å²) in [6.07, 6.45) is 1.68. The van der Waals surface area contributed by atoms with E-state index in [-0.39, 0.29) is 29.3 Å². The number of hydrogen-bond donors (Lipinski definition) is 1. The van der Waals surface area contributed by atoms with E-state index in [2.05, 4.69) is 31.9 Å². The fourth-order valence-electron chi connectivity index (χ4n) is 6.15. The molecule has 1 N–H and O–H groups in total. The third kappa shape index (κ3) is 5.44. The molecule has 2 aromatic carbocycles. The molecular formula is C29H38N2O4. The van der Waals surface area contributed by atoms with Gasteiger partial charge in [-0.15, -0.1) is 0 Å². The molecule has 2 aliphatic rings. The number of fused-ring (bicyclic) bond motifs is 1. The van der Waals surface area contributed by atoms with E-state index in [1.165, 1.54) is 6.92 Å². The van der Waals surface area contributed by atoms with Crippen LogP contribution in [0.5, 0.6) is 5.75 Å². The van der Waals surface area contributed by atoms with Gasteiger partial charge in [0.25, 0.3) is 5.91 Å². The molecule has 0 bridgehead atoms. The molecular weight excluding hydrogens is 440 g/mol. The van der Waals surface area contributed by atoms with Gasteiger partial charge in [-0.2, -0.15) is 0 Å². The Labute approximate surface area is 208 Å². The average molecular weight is 479 g/mol. The number of amides is 1. The largest absolute Gasteiger partial charge is 0.427 e. The summed E-state index contributed by atoms with van der Waals surface area (Å²) in [6, 6.07) is 17.1. The average Bonchev–Trinajstić information content (AvgIpc) is 2.83. The Morgan fingerprint density at radius 3 is 2.60 bits per heavy atom. The number of esters is 1. The fraction of sp³-hybridized carbons (Fsp3) is 0.517. The maximum Gasteiger partial charge on any atom is 0.308 e. The quantitative estimate of drug-likeness (QED) is 0.500. The molecule has 0 spiro atoms. The lowest BCUT2D eigenvalue weighted by molar-refractivity contribution is -0.131. The summed E-state index contributed by atoms with van der Waals surface area (Å²) in [5, 5.41) is 11.5. The van der Waals surface area contributed by atoms with Gasteiger partial charge in [-0.1, -0.05) is 44.2 Å². The van der Waals surface area contributed by atoms with Crippen molar-refractivity contribution < 1.29 is 19.4 Å². The molecule has 1 aliphatic heterocycles. The minimum atomic E-state index is -0.535. The van der Waals surface area contributed by atoms with Crippen LogP contribution in [-0.4, -0.2) is 65.6 Å². The van der Waals surface area contributed by atoms with Crippen LogP contribution in [0.3, 0.4) is 0 Å². The minimum absolute atomic E-state index is 0.0201. The van der Waals surface area contributed by atoms with E-state index < -0.39 is 6.10 Å². The van der Waals surface area contributed by atoms with Crippen molar-refractivity contribution >= 4 is 11.9 Å². The molecule has 1 aliphatic carbocycles. The van der Waals surface area contributed by atoms with E-state index in [1.807, 2.05) is 47.4 Å².